The van der Waals surface area contributed by atoms with Crippen molar-refractivity contribution in [1.82, 2.24) is 0 Å². The number of ketones is 2. The van der Waals surface area contributed by atoms with E-state index in [1.54, 1.807) is 24.3 Å². The third-order valence-corrected chi connectivity index (χ3v) is 8.30. The molecule has 0 aromatic heterocycles. The number of rotatable bonds is 14. The standard InChI is InChI=1S/C40H38O10/c1-5-25(6-2)37(43)47-33-23-15-13-21-31(33)35(41)27-17-9-11-19-29(27)39(45)49-50-40(46)30-20-12-10-18-28(30)36(42)32-22-14-16-24-34(32)48-38(44)26(7-3)8-4/h9-26H,5-8H2,1-4H3. The second kappa shape index (κ2) is 17.5. The summed E-state index contributed by atoms with van der Waals surface area (Å²) in [6.07, 6.45) is 2.27. The van der Waals surface area contributed by atoms with Crippen LogP contribution < -0.4 is 9.47 Å². The van der Waals surface area contributed by atoms with E-state index < -0.39 is 35.4 Å². The quantitative estimate of drug-likeness (QED) is 0.0427. The van der Waals surface area contributed by atoms with Gasteiger partial charge in [0.25, 0.3) is 0 Å². The zero-order valence-electron chi connectivity index (χ0n) is 28.3. The van der Waals surface area contributed by atoms with Gasteiger partial charge in [0.1, 0.15) is 11.5 Å². The van der Waals surface area contributed by atoms with Gasteiger partial charge in [0, 0.05) is 11.1 Å². The minimum Gasteiger partial charge on any atom is -0.426 e. The zero-order chi connectivity index (χ0) is 36.2. The van der Waals surface area contributed by atoms with Gasteiger partial charge < -0.3 is 9.47 Å². The summed E-state index contributed by atoms with van der Waals surface area (Å²) < 4.78 is 11.1. The molecule has 0 N–H and O–H groups in total. The van der Waals surface area contributed by atoms with Crippen molar-refractivity contribution in [3.05, 3.63) is 130 Å². The molecule has 0 saturated carbocycles. The fourth-order valence-corrected chi connectivity index (χ4v) is 5.29. The zero-order valence-corrected chi connectivity index (χ0v) is 28.3. The normalized spacial score (nSPS) is 10.8. The summed E-state index contributed by atoms with van der Waals surface area (Å²) in [7, 11) is 0. The summed E-state index contributed by atoms with van der Waals surface area (Å²) in [6.45, 7) is 7.47. The molecule has 0 amide bonds. The number of ether oxygens (including phenoxy) is 2. The highest BCUT2D eigenvalue weighted by Crippen LogP contribution is 2.27. The molecule has 0 spiro atoms. The molecule has 258 valence electrons. The average Bonchev–Trinajstić information content (AvgIpc) is 3.14. The Labute approximate surface area is 290 Å². The summed E-state index contributed by atoms with van der Waals surface area (Å²) in [5.41, 5.74) is -0.526. The molecule has 4 rings (SSSR count). The molecular weight excluding hydrogens is 640 g/mol. The van der Waals surface area contributed by atoms with Crippen LogP contribution in [0.15, 0.2) is 97.1 Å². The van der Waals surface area contributed by atoms with E-state index in [4.69, 9.17) is 19.2 Å². The van der Waals surface area contributed by atoms with Crippen molar-refractivity contribution in [2.24, 2.45) is 11.8 Å². The highest BCUT2D eigenvalue weighted by molar-refractivity contribution is 6.17. The molecule has 0 unspecified atom stereocenters. The van der Waals surface area contributed by atoms with Crippen LogP contribution in [0.4, 0.5) is 0 Å². The average molecular weight is 679 g/mol. The van der Waals surface area contributed by atoms with Gasteiger partial charge in [-0.15, -0.1) is 0 Å². The molecule has 10 nitrogen and oxygen atoms in total. The van der Waals surface area contributed by atoms with Crippen LogP contribution in [0, 0.1) is 11.8 Å². The predicted molar refractivity (Wildman–Crippen MR) is 183 cm³/mol. The Balaban J connectivity index is 1.54. The summed E-state index contributed by atoms with van der Waals surface area (Å²) >= 11 is 0. The molecule has 0 heterocycles. The van der Waals surface area contributed by atoms with Crippen molar-refractivity contribution in [3.63, 3.8) is 0 Å². The molecule has 0 saturated heterocycles. The van der Waals surface area contributed by atoms with Crippen molar-refractivity contribution in [3.8, 4) is 11.5 Å². The van der Waals surface area contributed by atoms with Crippen LogP contribution >= 0.6 is 0 Å². The Bertz CT molecular complexity index is 1750. The highest BCUT2D eigenvalue weighted by atomic mass is 17.2. The van der Waals surface area contributed by atoms with Crippen LogP contribution in [-0.2, 0) is 19.4 Å². The smallest absolute Gasteiger partial charge is 0.387 e. The molecule has 4 aromatic rings. The lowest BCUT2D eigenvalue weighted by atomic mass is 9.97. The molecular formula is C40H38O10. The Morgan fingerprint density at radius 1 is 0.420 bits per heavy atom. The van der Waals surface area contributed by atoms with Crippen LogP contribution in [-0.4, -0.2) is 35.4 Å². The van der Waals surface area contributed by atoms with Gasteiger partial charge in [0.2, 0.25) is 0 Å². The molecule has 0 aliphatic carbocycles. The molecule has 10 heteroatoms. The van der Waals surface area contributed by atoms with Crippen molar-refractivity contribution < 1.29 is 48.0 Å². The van der Waals surface area contributed by atoms with Gasteiger partial charge in [0.05, 0.1) is 34.1 Å². The molecule has 4 aromatic carbocycles. The summed E-state index contributed by atoms with van der Waals surface area (Å²) in [4.78, 5) is 88.9. The lowest BCUT2D eigenvalue weighted by Crippen LogP contribution is -2.21. The fourth-order valence-electron chi connectivity index (χ4n) is 5.29. The maximum absolute atomic E-state index is 13.7. The largest absolute Gasteiger partial charge is 0.426 e. The van der Waals surface area contributed by atoms with E-state index in [0.29, 0.717) is 25.7 Å². The number of esters is 2. The van der Waals surface area contributed by atoms with E-state index in [-0.39, 0.29) is 56.7 Å². The van der Waals surface area contributed by atoms with Gasteiger partial charge in [-0.3, -0.25) is 19.2 Å². The molecule has 0 bridgehead atoms. The highest BCUT2D eigenvalue weighted by Gasteiger charge is 2.28. The Hall–Kier alpha value is -5.90. The topological polar surface area (TPSA) is 139 Å². The second-order valence-electron chi connectivity index (χ2n) is 11.4. The molecule has 0 atom stereocenters. The minimum atomic E-state index is -1.16. The maximum atomic E-state index is 13.7. The van der Waals surface area contributed by atoms with Crippen LogP contribution in [0.2, 0.25) is 0 Å². The van der Waals surface area contributed by atoms with Gasteiger partial charge >= 0.3 is 23.9 Å². The molecule has 0 fully saturated rings. The van der Waals surface area contributed by atoms with E-state index in [2.05, 4.69) is 0 Å². The second-order valence-corrected chi connectivity index (χ2v) is 11.4. The minimum absolute atomic E-state index is 0.0390. The van der Waals surface area contributed by atoms with Crippen LogP contribution in [0.1, 0.15) is 106 Å². The van der Waals surface area contributed by atoms with E-state index >= 15 is 0 Å². The molecule has 0 radical (unpaired) electrons. The molecule has 0 aliphatic heterocycles. The first-order valence-electron chi connectivity index (χ1n) is 16.5. The first-order valence-corrected chi connectivity index (χ1v) is 16.5. The number of benzene rings is 4. The van der Waals surface area contributed by atoms with E-state index in [9.17, 15) is 28.8 Å². The van der Waals surface area contributed by atoms with E-state index in [1.165, 1.54) is 72.8 Å². The maximum Gasteiger partial charge on any atom is 0.387 e. The van der Waals surface area contributed by atoms with Gasteiger partial charge in [-0.2, -0.15) is 0 Å². The lowest BCUT2D eigenvalue weighted by molar-refractivity contribution is -0.187. The molecule has 50 heavy (non-hydrogen) atoms. The Morgan fingerprint density at radius 2 is 0.700 bits per heavy atom. The Morgan fingerprint density at radius 3 is 1.02 bits per heavy atom. The monoisotopic (exact) mass is 678 g/mol. The number of carbonyl (C=O) groups excluding carboxylic acids is 6. The fraction of sp³-hybridized carbons (Fsp3) is 0.250. The molecule has 0 aliphatic rings. The third-order valence-electron chi connectivity index (χ3n) is 8.30. The summed E-state index contributed by atoms with van der Waals surface area (Å²) in [5, 5.41) is 0. The van der Waals surface area contributed by atoms with Gasteiger partial charge in [-0.05, 0) is 62.1 Å². The number of hydrogen-bond donors (Lipinski definition) is 0. The number of carbonyl (C=O) groups is 6. The van der Waals surface area contributed by atoms with Crippen LogP contribution in [0.5, 0.6) is 11.5 Å². The third kappa shape index (κ3) is 8.57. The van der Waals surface area contributed by atoms with Crippen molar-refractivity contribution in [2.75, 3.05) is 0 Å². The van der Waals surface area contributed by atoms with Crippen LogP contribution in [0.3, 0.4) is 0 Å². The lowest BCUT2D eigenvalue weighted by Gasteiger charge is -2.15. The van der Waals surface area contributed by atoms with Gasteiger partial charge in [-0.1, -0.05) is 88.4 Å². The first-order chi connectivity index (χ1) is 24.1. The van der Waals surface area contributed by atoms with Crippen molar-refractivity contribution >= 4 is 35.4 Å². The van der Waals surface area contributed by atoms with Crippen molar-refractivity contribution in [1.29, 1.82) is 0 Å². The van der Waals surface area contributed by atoms with Crippen molar-refractivity contribution in [2.45, 2.75) is 53.4 Å². The van der Waals surface area contributed by atoms with E-state index in [0.717, 1.165) is 0 Å². The summed E-state index contributed by atoms with van der Waals surface area (Å²) in [5.74, 6) is -5.13. The van der Waals surface area contributed by atoms with E-state index in [1.807, 2.05) is 27.7 Å². The predicted octanol–water partition coefficient (Wildman–Crippen LogP) is 7.76. The SMILES string of the molecule is CCC(CC)C(=O)Oc1ccccc1C(=O)c1ccccc1C(=O)OOC(=O)c1ccccc1C(=O)c1ccccc1OC(=O)C(CC)CC. The number of para-hydroxylation sites is 2. The first kappa shape index (κ1) is 36.9. The number of hydrogen-bond acceptors (Lipinski definition) is 10. The summed E-state index contributed by atoms with van der Waals surface area (Å²) in [6, 6.07) is 23.8. The van der Waals surface area contributed by atoms with Crippen LogP contribution in [0.25, 0.3) is 0 Å². The van der Waals surface area contributed by atoms with Gasteiger partial charge in [0.15, 0.2) is 11.6 Å². The van der Waals surface area contributed by atoms with Gasteiger partial charge in [-0.25, -0.2) is 19.4 Å². The Kier molecular flexibility index (Phi) is 12.9.